The number of ether oxygens (including phenoxy) is 2. The quantitative estimate of drug-likeness (QED) is 0.606. The van der Waals surface area contributed by atoms with Crippen molar-refractivity contribution in [3.63, 3.8) is 0 Å². The van der Waals surface area contributed by atoms with Crippen molar-refractivity contribution >= 4 is 5.91 Å². The highest BCUT2D eigenvalue weighted by molar-refractivity contribution is 5.96. The fourth-order valence-electron chi connectivity index (χ4n) is 5.07. The first kappa shape index (κ1) is 21.6. The zero-order valence-electron chi connectivity index (χ0n) is 18.4. The highest BCUT2D eigenvalue weighted by Crippen LogP contribution is 2.42. The Kier molecular flexibility index (Phi) is 4.99. The summed E-state index contributed by atoms with van der Waals surface area (Å²) < 4.78 is 41.5. The molecular formula is C25H21F2N3O5. The number of aromatic nitrogens is 1. The van der Waals surface area contributed by atoms with Crippen LogP contribution < -0.4 is 15.2 Å². The van der Waals surface area contributed by atoms with E-state index in [4.69, 9.17) is 9.47 Å². The largest absolute Gasteiger partial charge is 0.502 e. The van der Waals surface area contributed by atoms with Crippen molar-refractivity contribution in [1.29, 1.82) is 0 Å². The smallest absolute Gasteiger partial charge is 0.278 e. The molecule has 4 heterocycles. The van der Waals surface area contributed by atoms with E-state index in [1.54, 1.807) is 4.90 Å². The van der Waals surface area contributed by atoms with Crippen LogP contribution in [0.25, 0.3) is 0 Å². The molecule has 1 unspecified atom stereocenters. The monoisotopic (exact) mass is 481 g/mol. The van der Waals surface area contributed by atoms with Crippen LogP contribution in [0.1, 0.15) is 34.1 Å². The number of halogens is 2. The lowest BCUT2D eigenvalue weighted by Crippen LogP contribution is -2.68. The maximum absolute atomic E-state index is 14.6. The summed E-state index contributed by atoms with van der Waals surface area (Å²) >= 11 is 0. The summed E-state index contributed by atoms with van der Waals surface area (Å²) in [4.78, 5) is 27.6. The number of carbonyl (C=O) groups is 1. The molecule has 0 saturated carbocycles. The Morgan fingerprint density at radius 3 is 2.46 bits per heavy atom. The molecule has 2 atom stereocenters. The zero-order chi connectivity index (χ0) is 24.3. The van der Waals surface area contributed by atoms with E-state index >= 15 is 0 Å². The summed E-state index contributed by atoms with van der Waals surface area (Å²) in [6.07, 6.45) is 1.17. The van der Waals surface area contributed by atoms with Gasteiger partial charge in [0, 0.05) is 30.3 Å². The number of carbonyl (C=O) groups excluding carboxylic acids is 1. The van der Waals surface area contributed by atoms with Gasteiger partial charge in [0.1, 0.15) is 18.0 Å². The summed E-state index contributed by atoms with van der Waals surface area (Å²) in [6.45, 7) is 0.738. The van der Waals surface area contributed by atoms with Crippen LogP contribution in [0.3, 0.4) is 0 Å². The first-order valence-electron chi connectivity index (χ1n) is 11.3. The van der Waals surface area contributed by atoms with Crippen molar-refractivity contribution < 1.29 is 28.2 Å². The molecule has 10 heteroatoms. The van der Waals surface area contributed by atoms with Crippen LogP contribution in [0.5, 0.6) is 11.5 Å². The maximum Gasteiger partial charge on any atom is 0.278 e. The molecule has 1 fully saturated rings. The van der Waals surface area contributed by atoms with Gasteiger partial charge in [0.15, 0.2) is 23.1 Å². The van der Waals surface area contributed by atoms with E-state index < -0.39 is 40.9 Å². The molecule has 180 valence electrons. The van der Waals surface area contributed by atoms with Crippen LogP contribution in [0.2, 0.25) is 0 Å². The van der Waals surface area contributed by atoms with Gasteiger partial charge in [-0.3, -0.25) is 19.3 Å². The Bertz CT molecular complexity index is 1380. The second-order valence-electron chi connectivity index (χ2n) is 8.74. The van der Waals surface area contributed by atoms with Crippen molar-refractivity contribution in [2.45, 2.75) is 24.7 Å². The van der Waals surface area contributed by atoms with Crippen molar-refractivity contribution in [3.8, 4) is 11.5 Å². The van der Waals surface area contributed by atoms with Gasteiger partial charge in [-0.2, -0.15) is 0 Å². The summed E-state index contributed by atoms with van der Waals surface area (Å²) in [5, 5.41) is 12.5. The maximum atomic E-state index is 14.6. The van der Waals surface area contributed by atoms with Gasteiger partial charge in [-0.1, -0.05) is 30.3 Å². The Balaban J connectivity index is 1.66. The number of hydrogen-bond acceptors (Lipinski definition) is 6. The van der Waals surface area contributed by atoms with Gasteiger partial charge in [0.2, 0.25) is 5.43 Å². The minimum atomic E-state index is -1.04. The molecule has 0 radical (unpaired) electrons. The van der Waals surface area contributed by atoms with Crippen molar-refractivity contribution in [1.82, 2.24) is 9.58 Å². The Hall–Kier alpha value is -3.92. The van der Waals surface area contributed by atoms with E-state index in [2.05, 4.69) is 0 Å². The number of rotatable bonds is 2. The summed E-state index contributed by atoms with van der Waals surface area (Å²) in [7, 11) is 0. The number of nitrogens with zero attached hydrogens (tertiary/aromatic N) is 3. The third-order valence-corrected chi connectivity index (χ3v) is 6.74. The van der Waals surface area contributed by atoms with Gasteiger partial charge in [-0.25, -0.2) is 8.78 Å². The molecule has 1 aromatic heterocycles. The molecule has 35 heavy (non-hydrogen) atoms. The highest BCUT2D eigenvalue weighted by Gasteiger charge is 2.48. The molecule has 3 aliphatic rings. The van der Waals surface area contributed by atoms with Crippen molar-refractivity contribution in [3.05, 3.63) is 93.4 Å². The van der Waals surface area contributed by atoms with Gasteiger partial charge in [0.05, 0.1) is 25.9 Å². The molecule has 8 nitrogen and oxygen atoms in total. The minimum absolute atomic E-state index is 0.125. The van der Waals surface area contributed by atoms with Crippen LogP contribution in [-0.2, 0) is 4.74 Å². The molecule has 2 aromatic carbocycles. The third-order valence-electron chi connectivity index (χ3n) is 6.74. The first-order valence-corrected chi connectivity index (χ1v) is 11.3. The molecule has 0 bridgehead atoms. The second kappa shape index (κ2) is 8.09. The normalized spacial score (nSPS) is 21.7. The van der Waals surface area contributed by atoms with Gasteiger partial charge in [0.25, 0.3) is 5.91 Å². The fourth-order valence-corrected chi connectivity index (χ4v) is 5.07. The molecule has 1 saturated heterocycles. The fraction of sp³-hybridized carbons (Fsp3) is 0.280. The van der Waals surface area contributed by atoms with Gasteiger partial charge in [-0.05, 0) is 11.6 Å². The lowest BCUT2D eigenvalue weighted by molar-refractivity contribution is -0.0758. The number of aromatic hydroxyl groups is 1. The topological polar surface area (TPSA) is 84.2 Å². The molecule has 0 spiro atoms. The van der Waals surface area contributed by atoms with E-state index in [-0.39, 0.29) is 24.1 Å². The standard InChI is InChI=1S/C25H21F2N3O5/c26-17-10-16-20(11-18(17)27)35-9-7-21-29(15-12-34-13-15)25(33)23-24(32)19(31)6-8-28(23)30(21)22(16)14-4-2-1-3-5-14/h1-6,8,10-11,15,21-22,32H,7,9,12-13H2/t21?,22-/m1/s1. The van der Waals surface area contributed by atoms with Crippen LogP contribution in [0, 0.1) is 11.6 Å². The summed E-state index contributed by atoms with van der Waals surface area (Å²) in [5.74, 6) is -3.06. The second-order valence-corrected chi connectivity index (χ2v) is 8.74. The predicted molar refractivity (Wildman–Crippen MR) is 120 cm³/mol. The molecule has 1 amide bonds. The average molecular weight is 481 g/mol. The lowest BCUT2D eigenvalue weighted by Gasteiger charge is -2.54. The summed E-state index contributed by atoms with van der Waals surface area (Å²) in [6, 6.07) is 11.4. The Morgan fingerprint density at radius 2 is 1.74 bits per heavy atom. The number of benzene rings is 2. The van der Waals surface area contributed by atoms with Crippen molar-refractivity contribution in [2.24, 2.45) is 0 Å². The number of fused-ring (bicyclic) bond motifs is 4. The Morgan fingerprint density at radius 1 is 1.00 bits per heavy atom. The van der Waals surface area contributed by atoms with Gasteiger partial charge < -0.3 is 19.5 Å². The summed E-state index contributed by atoms with van der Waals surface area (Å²) in [5.41, 5.74) is 0.196. The van der Waals surface area contributed by atoms with E-state index in [9.17, 15) is 23.5 Å². The minimum Gasteiger partial charge on any atom is -0.502 e. The van der Waals surface area contributed by atoms with E-state index in [0.717, 1.165) is 17.7 Å². The number of pyridine rings is 1. The molecule has 0 aliphatic carbocycles. The average Bonchev–Trinajstić information content (AvgIpc) is 2.81. The highest BCUT2D eigenvalue weighted by atomic mass is 19.2. The molecule has 3 aliphatic heterocycles. The zero-order valence-corrected chi connectivity index (χ0v) is 18.4. The number of hydrogen-bond donors (Lipinski definition) is 1. The van der Waals surface area contributed by atoms with Crippen LogP contribution in [0.15, 0.2) is 59.5 Å². The molecular weight excluding hydrogens is 460 g/mol. The molecule has 1 N–H and O–H groups in total. The van der Waals surface area contributed by atoms with Crippen molar-refractivity contribution in [2.75, 3.05) is 24.8 Å². The third kappa shape index (κ3) is 3.28. The van der Waals surface area contributed by atoms with Gasteiger partial charge >= 0.3 is 0 Å². The van der Waals surface area contributed by atoms with E-state index in [1.807, 2.05) is 35.3 Å². The van der Waals surface area contributed by atoms with Crippen LogP contribution >= 0.6 is 0 Å². The van der Waals surface area contributed by atoms with Gasteiger partial charge in [-0.15, -0.1) is 0 Å². The van der Waals surface area contributed by atoms with Crippen LogP contribution in [-0.4, -0.2) is 52.6 Å². The lowest BCUT2D eigenvalue weighted by atomic mass is 9.94. The number of amides is 1. The Labute approximate surface area is 198 Å². The molecule has 3 aromatic rings. The molecule has 6 rings (SSSR count). The predicted octanol–water partition coefficient (Wildman–Crippen LogP) is 2.52. The first-order chi connectivity index (χ1) is 17.0. The van der Waals surface area contributed by atoms with E-state index in [0.29, 0.717) is 25.2 Å². The SMILES string of the molecule is O=C1c2c(O)c(=O)ccn2N2C(CCOc3cc(F)c(F)cc3[C@H]2c2ccccc2)N1C1COC1. The van der Waals surface area contributed by atoms with E-state index in [1.165, 1.54) is 16.9 Å². The van der Waals surface area contributed by atoms with Crippen LogP contribution in [0.4, 0.5) is 8.78 Å².